The zero-order valence-electron chi connectivity index (χ0n) is 10.5. The molecule has 0 aliphatic heterocycles. The molecule has 5 heteroatoms. The topological polar surface area (TPSA) is 0 Å². The van der Waals surface area contributed by atoms with Crippen LogP contribution in [0.4, 0.5) is 17.6 Å². The van der Waals surface area contributed by atoms with E-state index in [4.69, 9.17) is 0 Å². The molecule has 0 bridgehead atoms. The summed E-state index contributed by atoms with van der Waals surface area (Å²) in [6.07, 6.45) is -4.68. The lowest BCUT2D eigenvalue weighted by Crippen LogP contribution is -2.08. The zero-order valence-corrected chi connectivity index (χ0v) is 12.7. The summed E-state index contributed by atoms with van der Waals surface area (Å²) in [4.78, 5) is 0. The third-order valence-corrected chi connectivity index (χ3v) is 3.69. The fourth-order valence-electron chi connectivity index (χ4n) is 1.86. The molecular weight excluding hydrogens is 383 g/mol. The Morgan fingerprint density at radius 2 is 1.50 bits per heavy atom. The third-order valence-electron chi connectivity index (χ3n) is 2.98. The molecule has 2 aromatic rings. The monoisotopic (exact) mass is 394 g/mol. The lowest BCUT2D eigenvalue weighted by molar-refractivity contribution is -0.139. The predicted octanol–water partition coefficient (Wildman–Crippen LogP) is 6.01. The molecule has 0 amide bonds. The summed E-state index contributed by atoms with van der Waals surface area (Å²) in [6, 6.07) is 10.3. The van der Waals surface area contributed by atoms with Gasteiger partial charge in [-0.25, -0.2) is 4.39 Å². The Bertz CT molecular complexity index is 600. The first kappa shape index (κ1) is 15.3. The number of benzene rings is 2. The Morgan fingerprint density at radius 1 is 0.950 bits per heavy atom. The van der Waals surface area contributed by atoms with Crippen molar-refractivity contribution >= 4 is 22.6 Å². The molecule has 0 aliphatic rings. The van der Waals surface area contributed by atoms with E-state index >= 15 is 0 Å². The van der Waals surface area contributed by atoms with Gasteiger partial charge in [0.15, 0.2) is 0 Å². The van der Waals surface area contributed by atoms with Gasteiger partial charge in [0.1, 0.15) is 5.82 Å². The van der Waals surface area contributed by atoms with E-state index in [1.165, 1.54) is 6.07 Å². The van der Waals surface area contributed by atoms with Crippen LogP contribution in [0.15, 0.2) is 42.5 Å². The Kier molecular flexibility index (Phi) is 4.36. The summed E-state index contributed by atoms with van der Waals surface area (Å²) in [6.45, 7) is 2.02. The van der Waals surface area contributed by atoms with Crippen molar-refractivity contribution in [2.24, 2.45) is 0 Å². The second-order valence-corrected chi connectivity index (χ2v) is 6.30. The number of halogens is 5. The maximum atomic E-state index is 13.2. The highest BCUT2D eigenvalue weighted by atomic mass is 127. The van der Waals surface area contributed by atoms with Crippen molar-refractivity contribution in [3.63, 3.8) is 0 Å². The van der Waals surface area contributed by atoms with Crippen LogP contribution in [0.1, 0.15) is 22.0 Å². The molecule has 20 heavy (non-hydrogen) atoms. The average molecular weight is 394 g/mol. The highest BCUT2D eigenvalue weighted by Gasteiger charge is 2.34. The van der Waals surface area contributed by atoms with Gasteiger partial charge in [0.25, 0.3) is 0 Å². The first-order valence-electron chi connectivity index (χ1n) is 5.90. The van der Waals surface area contributed by atoms with E-state index in [2.05, 4.69) is 22.6 Å². The fraction of sp³-hybridized carbons (Fsp3) is 0.200. The molecule has 0 saturated carbocycles. The smallest absolute Gasteiger partial charge is 0.206 e. The third kappa shape index (κ3) is 3.31. The molecule has 0 spiro atoms. The molecule has 0 N–H and O–H groups in total. The molecule has 0 radical (unpaired) electrons. The van der Waals surface area contributed by atoms with Gasteiger partial charge in [-0.2, -0.15) is 13.2 Å². The van der Waals surface area contributed by atoms with E-state index < -0.39 is 17.6 Å². The summed E-state index contributed by atoms with van der Waals surface area (Å²) in [5.74, 6) is -1.25. The SMILES string of the molecule is C[C@H](I)c1ccc(-c2ccc(F)c(C(F)(F)F)c2)cc1. The lowest BCUT2D eigenvalue weighted by atomic mass is 10.0. The minimum absolute atomic E-state index is 0.320. The van der Waals surface area contributed by atoms with Crippen LogP contribution in [0.3, 0.4) is 0 Å². The number of rotatable bonds is 2. The standard InChI is InChI=1S/C15H11F4I/c1-9(20)10-2-4-11(5-3-10)12-6-7-14(16)13(8-12)15(17,18)19/h2-9H,1H3/t9-/m0/s1. The summed E-state index contributed by atoms with van der Waals surface area (Å²) in [7, 11) is 0. The van der Waals surface area contributed by atoms with E-state index in [1.54, 1.807) is 12.1 Å². The number of hydrogen-bond donors (Lipinski definition) is 0. The van der Waals surface area contributed by atoms with Gasteiger partial charge in [-0.15, -0.1) is 0 Å². The molecule has 106 valence electrons. The summed E-state index contributed by atoms with van der Waals surface area (Å²) in [5.41, 5.74) is 0.844. The largest absolute Gasteiger partial charge is 0.419 e. The quantitative estimate of drug-likeness (QED) is 0.333. The minimum atomic E-state index is -4.68. The van der Waals surface area contributed by atoms with Crippen LogP contribution in [0.25, 0.3) is 11.1 Å². The first-order chi connectivity index (χ1) is 9.29. The van der Waals surface area contributed by atoms with Crippen molar-refractivity contribution in [2.75, 3.05) is 0 Å². The fourth-order valence-corrected chi connectivity index (χ4v) is 2.28. The second-order valence-electron chi connectivity index (χ2n) is 4.43. The van der Waals surface area contributed by atoms with Crippen molar-refractivity contribution in [1.82, 2.24) is 0 Å². The molecule has 0 saturated heterocycles. The van der Waals surface area contributed by atoms with Gasteiger partial charge in [-0.05, 0) is 35.7 Å². The normalized spacial score (nSPS) is 13.3. The van der Waals surface area contributed by atoms with E-state index in [0.29, 0.717) is 15.1 Å². The molecule has 1 atom stereocenters. The van der Waals surface area contributed by atoms with Crippen LogP contribution in [0.5, 0.6) is 0 Å². The number of hydrogen-bond acceptors (Lipinski definition) is 0. The first-order valence-corrected chi connectivity index (χ1v) is 7.15. The predicted molar refractivity (Wildman–Crippen MR) is 79.3 cm³/mol. The summed E-state index contributed by atoms with van der Waals surface area (Å²) < 4.78 is 51.6. The van der Waals surface area contributed by atoms with Gasteiger partial charge in [-0.3, -0.25) is 0 Å². The van der Waals surface area contributed by atoms with Gasteiger partial charge < -0.3 is 0 Å². The average Bonchev–Trinajstić information content (AvgIpc) is 2.38. The Morgan fingerprint density at radius 3 is 2.00 bits per heavy atom. The molecule has 0 aromatic heterocycles. The van der Waals surface area contributed by atoms with Crippen molar-refractivity contribution in [3.8, 4) is 11.1 Å². The van der Waals surface area contributed by atoms with Crippen LogP contribution in [-0.4, -0.2) is 0 Å². The maximum absolute atomic E-state index is 13.2. The maximum Gasteiger partial charge on any atom is 0.419 e. The van der Waals surface area contributed by atoms with Crippen LogP contribution in [0, 0.1) is 5.82 Å². The van der Waals surface area contributed by atoms with Crippen molar-refractivity contribution in [1.29, 1.82) is 0 Å². The Hall–Kier alpha value is -1.11. The van der Waals surface area contributed by atoms with Gasteiger partial charge >= 0.3 is 6.18 Å². The van der Waals surface area contributed by atoms with Crippen LogP contribution in [-0.2, 0) is 6.18 Å². The van der Waals surface area contributed by atoms with Crippen LogP contribution < -0.4 is 0 Å². The molecule has 0 heterocycles. The van der Waals surface area contributed by atoms with Gasteiger partial charge in [0.2, 0.25) is 0 Å². The van der Waals surface area contributed by atoms with Crippen molar-refractivity contribution < 1.29 is 17.6 Å². The number of alkyl halides is 4. The van der Waals surface area contributed by atoms with Crippen molar-refractivity contribution in [2.45, 2.75) is 17.0 Å². The molecule has 2 aromatic carbocycles. The highest BCUT2D eigenvalue weighted by molar-refractivity contribution is 14.1. The van der Waals surface area contributed by atoms with Crippen LogP contribution >= 0.6 is 22.6 Å². The van der Waals surface area contributed by atoms with Gasteiger partial charge in [0.05, 0.1) is 5.56 Å². The molecular formula is C15H11F4I. The van der Waals surface area contributed by atoms with Crippen LogP contribution in [0.2, 0.25) is 0 Å². The molecule has 0 aliphatic carbocycles. The lowest BCUT2D eigenvalue weighted by Gasteiger charge is -2.11. The van der Waals surface area contributed by atoms with E-state index in [0.717, 1.165) is 17.7 Å². The van der Waals surface area contributed by atoms with E-state index in [-0.39, 0.29) is 0 Å². The molecule has 0 nitrogen and oxygen atoms in total. The van der Waals surface area contributed by atoms with E-state index in [9.17, 15) is 17.6 Å². The second kappa shape index (κ2) is 5.71. The minimum Gasteiger partial charge on any atom is -0.206 e. The van der Waals surface area contributed by atoms with Gasteiger partial charge in [-0.1, -0.05) is 52.9 Å². The summed E-state index contributed by atoms with van der Waals surface area (Å²) in [5, 5.41) is 0. The van der Waals surface area contributed by atoms with E-state index in [1.807, 2.05) is 19.1 Å². The molecule has 0 unspecified atom stereocenters. The molecule has 0 fully saturated rings. The highest BCUT2D eigenvalue weighted by Crippen LogP contribution is 2.34. The molecule has 2 rings (SSSR count). The Labute approximate surface area is 128 Å². The summed E-state index contributed by atoms with van der Waals surface area (Å²) >= 11 is 2.26. The van der Waals surface area contributed by atoms with Crippen molar-refractivity contribution in [3.05, 3.63) is 59.4 Å². The van der Waals surface area contributed by atoms with Gasteiger partial charge in [0, 0.05) is 3.92 Å². The zero-order chi connectivity index (χ0) is 14.9. The Balaban J connectivity index is 2.43.